The van der Waals surface area contributed by atoms with Crippen LogP contribution in [0.1, 0.15) is 15.9 Å². The summed E-state index contributed by atoms with van der Waals surface area (Å²) in [6.45, 7) is 0.471. The first-order chi connectivity index (χ1) is 12.7. The Morgan fingerprint density at radius 2 is 1.50 bits per heavy atom. The van der Waals surface area contributed by atoms with Crippen molar-refractivity contribution in [3.05, 3.63) is 83.9 Å². The normalized spacial score (nSPS) is 10.2. The van der Waals surface area contributed by atoms with E-state index in [2.05, 4.69) is 5.32 Å². The van der Waals surface area contributed by atoms with Crippen LogP contribution >= 0.6 is 0 Å². The van der Waals surface area contributed by atoms with Crippen LogP contribution in [0, 0.1) is 0 Å². The first-order valence-corrected chi connectivity index (χ1v) is 8.36. The molecule has 132 valence electrons. The van der Waals surface area contributed by atoms with Crippen LogP contribution in [0.2, 0.25) is 0 Å². The molecular formula is C22H21NO3. The van der Waals surface area contributed by atoms with Crippen molar-refractivity contribution >= 4 is 5.91 Å². The van der Waals surface area contributed by atoms with E-state index in [0.717, 1.165) is 22.4 Å². The maximum Gasteiger partial charge on any atom is 0.252 e. The summed E-state index contributed by atoms with van der Waals surface area (Å²) in [7, 11) is 3.22. The van der Waals surface area contributed by atoms with Crippen molar-refractivity contribution in [2.45, 2.75) is 6.54 Å². The molecule has 0 heterocycles. The Kier molecular flexibility index (Phi) is 5.54. The Bertz CT molecular complexity index is 874. The van der Waals surface area contributed by atoms with Crippen LogP contribution in [-0.4, -0.2) is 20.1 Å². The van der Waals surface area contributed by atoms with Crippen LogP contribution in [0.5, 0.6) is 11.5 Å². The fraction of sp³-hybridized carbons (Fsp3) is 0.136. The van der Waals surface area contributed by atoms with E-state index in [1.54, 1.807) is 20.3 Å². The third-order valence-corrected chi connectivity index (χ3v) is 4.17. The molecule has 0 aliphatic carbocycles. The number of rotatable bonds is 6. The van der Waals surface area contributed by atoms with Gasteiger partial charge in [-0.1, -0.05) is 42.5 Å². The summed E-state index contributed by atoms with van der Waals surface area (Å²) >= 11 is 0. The second-order valence-electron chi connectivity index (χ2n) is 5.81. The van der Waals surface area contributed by atoms with E-state index < -0.39 is 0 Å². The van der Waals surface area contributed by atoms with Crippen molar-refractivity contribution in [1.82, 2.24) is 5.32 Å². The average Bonchev–Trinajstić information content (AvgIpc) is 2.72. The zero-order valence-electron chi connectivity index (χ0n) is 14.9. The molecule has 0 aliphatic rings. The summed E-state index contributed by atoms with van der Waals surface area (Å²) in [6.07, 6.45) is 0. The van der Waals surface area contributed by atoms with Gasteiger partial charge in [0.1, 0.15) is 11.5 Å². The summed E-state index contributed by atoms with van der Waals surface area (Å²) in [6, 6.07) is 23.0. The van der Waals surface area contributed by atoms with E-state index in [-0.39, 0.29) is 5.91 Å². The zero-order chi connectivity index (χ0) is 18.4. The molecule has 0 aliphatic heterocycles. The summed E-state index contributed by atoms with van der Waals surface area (Å²) < 4.78 is 10.5. The van der Waals surface area contributed by atoms with E-state index >= 15 is 0 Å². The standard InChI is InChI=1S/C22H21NO3/c1-25-18-10-8-17(9-11-18)20-13-12-19(26-2)14-21(20)22(24)23-15-16-6-4-3-5-7-16/h3-14H,15H2,1-2H3,(H,23,24). The summed E-state index contributed by atoms with van der Waals surface area (Å²) in [4.78, 5) is 12.8. The number of nitrogens with one attached hydrogen (secondary N) is 1. The van der Waals surface area contributed by atoms with E-state index in [1.165, 1.54) is 0 Å². The Hall–Kier alpha value is -3.27. The zero-order valence-corrected chi connectivity index (χ0v) is 14.9. The van der Waals surface area contributed by atoms with Gasteiger partial charge in [0.15, 0.2) is 0 Å². The minimum atomic E-state index is -0.140. The lowest BCUT2D eigenvalue weighted by Crippen LogP contribution is -2.23. The number of methoxy groups -OCH3 is 2. The van der Waals surface area contributed by atoms with Gasteiger partial charge in [-0.3, -0.25) is 4.79 Å². The lowest BCUT2D eigenvalue weighted by Gasteiger charge is -2.13. The van der Waals surface area contributed by atoms with Crippen molar-refractivity contribution in [2.75, 3.05) is 14.2 Å². The monoisotopic (exact) mass is 347 g/mol. The number of hydrogen-bond donors (Lipinski definition) is 1. The SMILES string of the molecule is COc1ccc(-c2ccc(OC)cc2C(=O)NCc2ccccc2)cc1. The highest BCUT2D eigenvalue weighted by Crippen LogP contribution is 2.29. The van der Waals surface area contributed by atoms with Gasteiger partial charge in [0.2, 0.25) is 0 Å². The molecule has 3 aromatic carbocycles. The minimum Gasteiger partial charge on any atom is -0.497 e. The van der Waals surface area contributed by atoms with Gasteiger partial charge < -0.3 is 14.8 Å². The highest BCUT2D eigenvalue weighted by atomic mass is 16.5. The average molecular weight is 347 g/mol. The van der Waals surface area contributed by atoms with Gasteiger partial charge >= 0.3 is 0 Å². The first-order valence-electron chi connectivity index (χ1n) is 8.36. The molecule has 0 aromatic heterocycles. The van der Waals surface area contributed by atoms with Crippen LogP contribution in [0.15, 0.2) is 72.8 Å². The van der Waals surface area contributed by atoms with Crippen LogP contribution in [0.4, 0.5) is 0 Å². The molecule has 1 N–H and O–H groups in total. The van der Waals surface area contributed by atoms with Crippen LogP contribution in [0.25, 0.3) is 11.1 Å². The molecule has 0 unspecified atom stereocenters. The fourth-order valence-corrected chi connectivity index (χ4v) is 2.73. The van der Waals surface area contributed by atoms with Crippen molar-refractivity contribution in [3.8, 4) is 22.6 Å². The molecule has 4 heteroatoms. The quantitative estimate of drug-likeness (QED) is 0.723. The van der Waals surface area contributed by atoms with E-state index in [0.29, 0.717) is 17.9 Å². The van der Waals surface area contributed by atoms with Gasteiger partial charge in [-0.15, -0.1) is 0 Å². The molecule has 0 atom stereocenters. The molecule has 26 heavy (non-hydrogen) atoms. The maximum absolute atomic E-state index is 12.8. The number of hydrogen-bond acceptors (Lipinski definition) is 3. The van der Waals surface area contributed by atoms with Gasteiger partial charge in [-0.05, 0) is 47.0 Å². The second kappa shape index (κ2) is 8.21. The lowest BCUT2D eigenvalue weighted by molar-refractivity contribution is 0.0951. The fourth-order valence-electron chi connectivity index (χ4n) is 2.73. The largest absolute Gasteiger partial charge is 0.497 e. The molecule has 0 saturated heterocycles. The number of ether oxygens (including phenoxy) is 2. The Morgan fingerprint density at radius 1 is 0.846 bits per heavy atom. The predicted molar refractivity (Wildman–Crippen MR) is 103 cm³/mol. The molecule has 0 bridgehead atoms. The Labute approximate surface area is 153 Å². The maximum atomic E-state index is 12.8. The molecule has 0 saturated carbocycles. The Morgan fingerprint density at radius 3 is 2.15 bits per heavy atom. The van der Waals surface area contributed by atoms with Crippen molar-refractivity contribution in [2.24, 2.45) is 0 Å². The van der Waals surface area contributed by atoms with E-state index in [1.807, 2.05) is 66.7 Å². The van der Waals surface area contributed by atoms with Crippen LogP contribution < -0.4 is 14.8 Å². The number of carbonyl (C=O) groups excluding carboxylic acids is 1. The van der Waals surface area contributed by atoms with Crippen LogP contribution in [-0.2, 0) is 6.54 Å². The predicted octanol–water partition coefficient (Wildman–Crippen LogP) is 4.30. The van der Waals surface area contributed by atoms with Crippen molar-refractivity contribution in [1.29, 1.82) is 0 Å². The summed E-state index contributed by atoms with van der Waals surface area (Å²) in [5, 5.41) is 2.98. The smallest absolute Gasteiger partial charge is 0.252 e. The molecule has 0 fully saturated rings. The molecule has 0 spiro atoms. The summed E-state index contributed by atoms with van der Waals surface area (Å²) in [5.74, 6) is 1.28. The topological polar surface area (TPSA) is 47.6 Å². The molecule has 1 amide bonds. The van der Waals surface area contributed by atoms with E-state index in [9.17, 15) is 4.79 Å². The molecule has 4 nitrogen and oxygen atoms in total. The van der Waals surface area contributed by atoms with Gasteiger partial charge in [0, 0.05) is 6.54 Å². The third-order valence-electron chi connectivity index (χ3n) is 4.17. The van der Waals surface area contributed by atoms with Gasteiger partial charge in [0.25, 0.3) is 5.91 Å². The van der Waals surface area contributed by atoms with Crippen LogP contribution in [0.3, 0.4) is 0 Å². The van der Waals surface area contributed by atoms with Gasteiger partial charge in [-0.25, -0.2) is 0 Å². The third kappa shape index (κ3) is 4.03. The van der Waals surface area contributed by atoms with Crippen molar-refractivity contribution < 1.29 is 14.3 Å². The van der Waals surface area contributed by atoms with Gasteiger partial charge in [0.05, 0.1) is 19.8 Å². The highest BCUT2D eigenvalue weighted by Gasteiger charge is 2.14. The molecular weight excluding hydrogens is 326 g/mol. The van der Waals surface area contributed by atoms with Crippen molar-refractivity contribution in [3.63, 3.8) is 0 Å². The molecule has 3 rings (SSSR count). The minimum absolute atomic E-state index is 0.140. The highest BCUT2D eigenvalue weighted by molar-refractivity contribution is 6.01. The van der Waals surface area contributed by atoms with Gasteiger partial charge in [-0.2, -0.15) is 0 Å². The van der Waals surface area contributed by atoms with E-state index in [4.69, 9.17) is 9.47 Å². The Balaban J connectivity index is 1.89. The first kappa shape index (κ1) is 17.5. The number of carbonyl (C=O) groups is 1. The molecule has 3 aromatic rings. The lowest BCUT2D eigenvalue weighted by atomic mass is 9.98. The second-order valence-corrected chi connectivity index (χ2v) is 5.81. The number of benzene rings is 3. The molecule has 0 radical (unpaired) electrons. The summed E-state index contributed by atoms with van der Waals surface area (Å²) in [5.41, 5.74) is 3.41. The number of amides is 1.